The number of aliphatic carboxylic acids is 2. The summed E-state index contributed by atoms with van der Waals surface area (Å²) in [6.07, 6.45) is -3.55. The number of rotatable bonds is 32. The zero-order valence-electron chi connectivity index (χ0n) is 40.3. The molecule has 68 heavy (non-hydrogen) atoms. The molecular weight excluding hydrogens is 899 g/mol. The topological polar surface area (TPSA) is 443 Å². The summed E-state index contributed by atoms with van der Waals surface area (Å²) >= 11 is 0. The lowest BCUT2D eigenvalue weighted by atomic mass is 9.94. The van der Waals surface area contributed by atoms with Crippen molar-refractivity contribution in [1.29, 1.82) is 0 Å². The Kier molecular flexibility index (Phi) is 27.7. The number of hydrogen-bond donors (Lipinski definition) is 15. The first kappa shape index (κ1) is 62.0. The van der Waals surface area contributed by atoms with Crippen LogP contribution in [0.25, 0.3) is 0 Å². The van der Waals surface area contributed by atoms with Gasteiger partial charge in [-0.3, -0.25) is 47.9 Å². The van der Waals surface area contributed by atoms with Gasteiger partial charge in [-0.2, -0.15) is 0 Å². The van der Waals surface area contributed by atoms with Crippen LogP contribution in [0.3, 0.4) is 0 Å². The van der Waals surface area contributed by atoms with Crippen LogP contribution in [0.2, 0.25) is 0 Å². The van der Waals surface area contributed by atoms with Crippen molar-refractivity contribution in [3.63, 3.8) is 0 Å². The highest BCUT2D eigenvalue weighted by Gasteiger charge is 2.38. The molecule has 0 heterocycles. The maximum Gasteiger partial charge on any atom is 0.326 e. The molecule has 0 aromatic carbocycles. The molecule has 0 rings (SSSR count). The Hall–Kier alpha value is -5.99. The highest BCUT2D eigenvalue weighted by atomic mass is 16.4. The second-order valence-electron chi connectivity index (χ2n) is 17.3. The molecule has 26 nitrogen and oxygen atoms in total. The fourth-order valence-electron chi connectivity index (χ4n) is 6.30. The van der Waals surface area contributed by atoms with Gasteiger partial charge in [0.2, 0.25) is 53.2 Å². The van der Waals surface area contributed by atoms with Gasteiger partial charge in [0.25, 0.3) is 0 Å². The van der Waals surface area contributed by atoms with Crippen molar-refractivity contribution < 1.29 is 73.2 Å². The molecule has 0 radical (unpaired) electrons. The van der Waals surface area contributed by atoms with Crippen LogP contribution in [-0.4, -0.2) is 159 Å². The maximum absolute atomic E-state index is 13.8. The Morgan fingerprint density at radius 2 is 0.897 bits per heavy atom. The van der Waals surface area contributed by atoms with Gasteiger partial charge in [0, 0.05) is 0 Å². The summed E-state index contributed by atoms with van der Waals surface area (Å²) in [5, 5.41) is 58.2. The van der Waals surface area contributed by atoms with Gasteiger partial charge in [0.05, 0.1) is 25.0 Å². The van der Waals surface area contributed by atoms with Crippen LogP contribution in [0.1, 0.15) is 107 Å². The number of hydrogen-bond acceptors (Lipinski definition) is 15. The molecule has 0 saturated heterocycles. The third-order valence-corrected chi connectivity index (χ3v) is 11.1. The van der Waals surface area contributed by atoms with Crippen molar-refractivity contribution in [1.82, 2.24) is 42.5 Å². The van der Waals surface area contributed by atoms with Crippen molar-refractivity contribution in [2.75, 3.05) is 6.54 Å². The van der Waals surface area contributed by atoms with E-state index < -0.39 is 162 Å². The van der Waals surface area contributed by atoms with Crippen LogP contribution in [0.15, 0.2) is 0 Å². The Bertz CT molecular complexity index is 1770. The minimum Gasteiger partial charge on any atom is -0.481 e. The molecule has 0 aromatic rings. The van der Waals surface area contributed by atoms with Gasteiger partial charge in [0.15, 0.2) is 0 Å². The second-order valence-corrected chi connectivity index (χ2v) is 17.3. The average Bonchev–Trinajstić information content (AvgIpc) is 3.25. The van der Waals surface area contributed by atoms with Crippen LogP contribution in [-0.2, 0) is 52.7 Å². The molecule has 0 spiro atoms. The molecule has 9 amide bonds. The lowest BCUT2D eigenvalue weighted by Gasteiger charge is -2.31. The van der Waals surface area contributed by atoms with Crippen molar-refractivity contribution in [2.24, 2.45) is 35.0 Å². The van der Waals surface area contributed by atoms with E-state index in [2.05, 4.69) is 42.5 Å². The number of carbonyl (C=O) groups is 11. The Labute approximate surface area is 395 Å². The van der Waals surface area contributed by atoms with E-state index in [1.165, 1.54) is 20.8 Å². The molecule has 0 bridgehead atoms. The molecule has 18 N–H and O–H groups in total. The number of nitrogens with one attached hydrogen (secondary N) is 8. The molecule has 26 heteroatoms. The molecule has 0 aromatic heterocycles. The standard InChI is InChI=1S/C42H75N11O15/c1-10-19(5)31(39(64)50-30(18(3)4)42(67)68)51-40(65)32(20(6)11-2)52-41(66)33(23(9)55)53-35(60)24(14-12-13-15-43)47-34(59)21(7)46-36(61)25(16-27(44)56)48-37(62)26(17-28(57)58)49-38(63)29(45)22(8)54/h18-26,29-33,54-55H,10-17,43,45H2,1-9H3,(H2,44,56)(H,46,61)(H,47,59)(H,48,62)(H,49,63)(H,50,64)(H,51,65)(H,52,66)(H,53,60)(H,57,58)(H,67,68)/t19-,20-,21-,22+,23+,24-,25-,26-,29-,30-,31-,32-,33-/m0/s1. The average molecular weight is 974 g/mol. The number of carboxylic acids is 2. The lowest BCUT2D eigenvalue weighted by molar-refractivity contribution is -0.144. The number of amides is 9. The monoisotopic (exact) mass is 974 g/mol. The largest absolute Gasteiger partial charge is 0.481 e. The number of unbranched alkanes of at least 4 members (excludes halogenated alkanes) is 1. The SMILES string of the molecule is CC[C@H](C)[C@H](NC(=O)[C@@H](NC(=O)[C@H](CCCCN)NC(=O)[C@H](C)NC(=O)[C@H](CC(N)=O)NC(=O)[C@H](CC(=O)O)NC(=O)[C@@H](N)[C@@H](C)O)[C@@H](C)O)C(=O)N[C@H](C(=O)N[C@H](C(=O)O)C(C)C)[C@@H](C)CC. The molecule has 0 unspecified atom stereocenters. The zero-order chi connectivity index (χ0) is 52.7. The normalized spacial score (nSPS) is 17.0. The van der Waals surface area contributed by atoms with E-state index in [9.17, 15) is 73.2 Å². The lowest BCUT2D eigenvalue weighted by Crippen LogP contribution is -2.63. The van der Waals surface area contributed by atoms with Crippen LogP contribution < -0.4 is 59.7 Å². The molecule has 13 atom stereocenters. The van der Waals surface area contributed by atoms with Gasteiger partial charge in [-0.15, -0.1) is 0 Å². The fourth-order valence-corrected chi connectivity index (χ4v) is 6.30. The fraction of sp³-hybridized carbons (Fsp3) is 0.738. The summed E-state index contributed by atoms with van der Waals surface area (Å²) in [6, 6.07) is -13.7. The molecule has 388 valence electrons. The molecule has 0 aliphatic carbocycles. The first-order valence-electron chi connectivity index (χ1n) is 22.5. The quantitative estimate of drug-likeness (QED) is 0.0282. The minimum absolute atomic E-state index is 0.0736. The van der Waals surface area contributed by atoms with Crippen molar-refractivity contribution in [3.05, 3.63) is 0 Å². The van der Waals surface area contributed by atoms with Gasteiger partial charge in [-0.05, 0) is 64.3 Å². The van der Waals surface area contributed by atoms with Crippen LogP contribution in [0, 0.1) is 17.8 Å². The third kappa shape index (κ3) is 21.3. The Morgan fingerprint density at radius 1 is 0.485 bits per heavy atom. The van der Waals surface area contributed by atoms with E-state index >= 15 is 0 Å². The number of nitrogens with two attached hydrogens (primary N) is 3. The number of carbonyl (C=O) groups excluding carboxylic acids is 9. The highest BCUT2D eigenvalue weighted by Crippen LogP contribution is 2.15. The van der Waals surface area contributed by atoms with Crippen molar-refractivity contribution in [2.45, 2.75) is 174 Å². The van der Waals surface area contributed by atoms with Crippen molar-refractivity contribution >= 4 is 65.1 Å². The second kappa shape index (κ2) is 30.4. The highest BCUT2D eigenvalue weighted by molar-refractivity contribution is 5.99. The maximum atomic E-state index is 13.8. The molecule has 0 fully saturated rings. The summed E-state index contributed by atoms with van der Waals surface area (Å²) in [4.78, 5) is 142. The summed E-state index contributed by atoms with van der Waals surface area (Å²) in [7, 11) is 0. The molecule has 0 saturated carbocycles. The summed E-state index contributed by atoms with van der Waals surface area (Å²) in [6.45, 7) is 13.7. The van der Waals surface area contributed by atoms with Gasteiger partial charge in [-0.25, -0.2) is 4.79 Å². The number of aliphatic hydroxyl groups excluding tert-OH is 2. The van der Waals surface area contributed by atoms with Crippen molar-refractivity contribution in [3.8, 4) is 0 Å². The van der Waals surface area contributed by atoms with Crippen LogP contribution >= 0.6 is 0 Å². The predicted octanol–water partition coefficient (Wildman–Crippen LogP) is -4.71. The van der Waals surface area contributed by atoms with Crippen LogP contribution in [0.5, 0.6) is 0 Å². The molecule has 0 aliphatic rings. The van der Waals surface area contributed by atoms with Gasteiger partial charge in [0.1, 0.15) is 54.4 Å². The van der Waals surface area contributed by atoms with E-state index in [1.807, 2.05) is 0 Å². The van der Waals surface area contributed by atoms with E-state index in [0.717, 1.165) is 0 Å². The molecular formula is C42H75N11O15. The molecule has 0 aliphatic heterocycles. The van der Waals surface area contributed by atoms with E-state index in [4.69, 9.17) is 17.2 Å². The first-order valence-corrected chi connectivity index (χ1v) is 22.5. The number of carboxylic acid groups (broad SMARTS) is 2. The van der Waals surface area contributed by atoms with E-state index in [1.54, 1.807) is 41.5 Å². The minimum atomic E-state index is -1.85. The number of primary amides is 1. The predicted molar refractivity (Wildman–Crippen MR) is 243 cm³/mol. The number of aliphatic hydroxyl groups is 2. The first-order chi connectivity index (χ1) is 31.5. The Balaban J connectivity index is 6.40. The van der Waals surface area contributed by atoms with Gasteiger partial charge in [-0.1, -0.05) is 54.4 Å². The van der Waals surface area contributed by atoms with Gasteiger partial charge >= 0.3 is 11.9 Å². The van der Waals surface area contributed by atoms with E-state index in [-0.39, 0.29) is 19.4 Å². The Morgan fingerprint density at radius 3 is 1.31 bits per heavy atom. The summed E-state index contributed by atoms with van der Waals surface area (Å²) < 4.78 is 0. The third-order valence-electron chi connectivity index (χ3n) is 11.1. The van der Waals surface area contributed by atoms with Crippen LogP contribution in [0.4, 0.5) is 0 Å². The van der Waals surface area contributed by atoms with E-state index in [0.29, 0.717) is 19.3 Å². The van der Waals surface area contributed by atoms with Gasteiger partial charge < -0.3 is 80.2 Å². The summed E-state index contributed by atoms with van der Waals surface area (Å²) in [5.74, 6) is -13.6. The smallest absolute Gasteiger partial charge is 0.326 e. The summed E-state index contributed by atoms with van der Waals surface area (Å²) in [5.41, 5.74) is 16.5. The zero-order valence-corrected chi connectivity index (χ0v) is 40.3.